The van der Waals surface area contributed by atoms with Crippen molar-refractivity contribution in [1.82, 2.24) is 10.2 Å². The second-order valence-corrected chi connectivity index (χ2v) is 5.67. The van der Waals surface area contributed by atoms with Gasteiger partial charge in [-0.3, -0.25) is 9.59 Å². The van der Waals surface area contributed by atoms with Crippen molar-refractivity contribution in [3.63, 3.8) is 0 Å². The highest BCUT2D eigenvalue weighted by atomic mass is 32.2. The zero-order chi connectivity index (χ0) is 15.1. The molecule has 0 radical (unpaired) electrons. The Bertz CT molecular complexity index is 378. The fourth-order valence-electron chi connectivity index (χ4n) is 2.09. The van der Waals surface area contributed by atoms with Gasteiger partial charge in [-0.25, -0.2) is 4.79 Å². The highest BCUT2D eigenvalue weighted by Crippen LogP contribution is 2.17. The number of carboxylic acid groups (broad SMARTS) is 1. The number of amides is 2. The maximum absolute atomic E-state index is 11.9. The summed E-state index contributed by atoms with van der Waals surface area (Å²) >= 11 is 1.60. The van der Waals surface area contributed by atoms with Crippen LogP contribution in [0.4, 0.5) is 0 Å². The molecule has 0 aromatic heterocycles. The predicted octanol–water partition coefficient (Wildman–Crippen LogP) is -0.741. The normalized spacial score (nSPS) is 19.7. The third kappa shape index (κ3) is 4.68. The third-order valence-electron chi connectivity index (χ3n) is 3.24. The van der Waals surface area contributed by atoms with Gasteiger partial charge in [-0.05, 0) is 31.3 Å². The minimum atomic E-state index is -1.00. The Morgan fingerprint density at radius 2 is 2.20 bits per heavy atom. The Balaban J connectivity index is 2.39. The predicted molar refractivity (Wildman–Crippen MR) is 76.4 cm³/mol. The topological polar surface area (TPSA) is 113 Å². The summed E-state index contributed by atoms with van der Waals surface area (Å²) < 4.78 is 0. The van der Waals surface area contributed by atoms with Gasteiger partial charge in [0.15, 0.2) is 0 Å². The van der Waals surface area contributed by atoms with Crippen LogP contribution in [-0.4, -0.2) is 65.0 Å². The highest BCUT2D eigenvalue weighted by Gasteiger charge is 2.33. The van der Waals surface area contributed by atoms with Gasteiger partial charge in [0.2, 0.25) is 11.8 Å². The lowest BCUT2D eigenvalue weighted by Gasteiger charge is -2.22. The molecule has 20 heavy (non-hydrogen) atoms. The lowest BCUT2D eigenvalue weighted by atomic mass is 10.2. The maximum Gasteiger partial charge on any atom is 0.326 e. The van der Waals surface area contributed by atoms with Crippen LogP contribution in [0, 0.1) is 0 Å². The molecule has 1 saturated heterocycles. The summed E-state index contributed by atoms with van der Waals surface area (Å²) in [5, 5.41) is 11.5. The number of aliphatic carboxylic acids is 1. The third-order valence-corrected chi connectivity index (χ3v) is 3.89. The minimum Gasteiger partial charge on any atom is -0.480 e. The van der Waals surface area contributed by atoms with Crippen LogP contribution in [0.15, 0.2) is 0 Å². The number of likely N-dealkylation sites (tertiary alicyclic amines) is 1. The number of nitrogens with two attached hydrogens (primary N) is 1. The molecule has 1 heterocycles. The first-order valence-corrected chi connectivity index (χ1v) is 7.91. The van der Waals surface area contributed by atoms with Gasteiger partial charge in [0.1, 0.15) is 6.04 Å². The van der Waals surface area contributed by atoms with E-state index in [1.807, 2.05) is 6.26 Å². The van der Waals surface area contributed by atoms with E-state index in [9.17, 15) is 14.4 Å². The molecule has 0 bridgehead atoms. The summed E-state index contributed by atoms with van der Waals surface area (Å²) in [6, 6.07) is -1.41. The summed E-state index contributed by atoms with van der Waals surface area (Å²) in [4.78, 5) is 35.8. The molecule has 1 aliphatic heterocycles. The maximum atomic E-state index is 11.9. The van der Waals surface area contributed by atoms with E-state index >= 15 is 0 Å². The van der Waals surface area contributed by atoms with Crippen molar-refractivity contribution in [3.8, 4) is 0 Å². The van der Waals surface area contributed by atoms with Gasteiger partial charge in [0.25, 0.3) is 0 Å². The van der Waals surface area contributed by atoms with Gasteiger partial charge < -0.3 is 21.1 Å². The zero-order valence-corrected chi connectivity index (χ0v) is 12.3. The highest BCUT2D eigenvalue weighted by molar-refractivity contribution is 7.98. The smallest absolute Gasteiger partial charge is 0.326 e. The summed E-state index contributed by atoms with van der Waals surface area (Å²) in [5.41, 5.74) is 5.67. The van der Waals surface area contributed by atoms with Gasteiger partial charge in [0, 0.05) is 6.54 Å². The molecule has 1 aliphatic rings. The van der Waals surface area contributed by atoms with Gasteiger partial charge >= 0.3 is 5.97 Å². The Morgan fingerprint density at radius 3 is 2.80 bits per heavy atom. The van der Waals surface area contributed by atoms with Gasteiger partial charge in [-0.15, -0.1) is 0 Å². The molecule has 114 valence electrons. The Labute approximate surface area is 122 Å². The Kier molecular flexibility index (Phi) is 6.80. The summed E-state index contributed by atoms with van der Waals surface area (Å²) in [6.45, 7) is 0.222. The number of carbonyl (C=O) groups is 3. The first kappa shape index (κ1) is 16.8. The minimum absolute atomic E-state index is 0.199. The molecule has 2 unspecified atom stereocenters. The van der Waals surface area contributed by atoms with E-state index < -0.39 is 18.1 Å². The van der Waals surface area contributed by atoms with Crippen molar-refractivity contribution >= 4 is 29.5 Å². The Morgan fingerprint density at radius 1 is 1.50 bits per heavy atom. The molecule has 2 amide bonds. The van der Waals surface area contributed by atoms with Crippen molar-refractivity contribution in [2.24, 2.45) is 5.73 Å². The molecule has 0 spiro atoms. The number of carbonyl (C=O) groups excluding carboxylic acids is 2. The Hall–Kier alpha value is -1.28. The number of hydrogen-bond acceptors (Lipinski definition) is 5. The molecule has 8 heteroatoms. The lowest BCUT2D eigenvalue weighted by Crippen LogP contribution is -2.48. The molecule has 4 N–H and O–H groups in total. The molecule has 1 rings (SSSR count). The van der Waals surface area contributed by atoms with Crippen LogP contribution < -0.4 is 11.1 Å². The standard InChI is InChI=1S/C12H21N3O4S/c1-20-6-4-8(13)11(17)14-7-10(16)15-5-2-3-9(15)12(18)19/h8-9H,2-7,13H2,1H3,(H,14,17)(H,18,19). The van der Waals surface area contributed by atoms with Crippen molar-refractivity contribution in [3.05, 3.63) is 0 Å². The summed E-state index contributed by atoms with van der Waals surface area (Å²) in [5.74, 6) is -0.979. The summed E-state index contributed by atoms with van der Waals surface area (Å²) in [7, 11) is 0. The van der Waals surface area contributed by atoms with E-state index in [0.29, 0.717) is 25.8 Å². The SMILES string of the molecule is CSCCC(N)C(=O)NCC(=O)N1CCCC1C(=O)O. The van der Waals surface area contributed by atoms with E-state index in [-0.39, 0.29) is 18.4 Å². The van der Waals surface area contributed by atoms with E-state index in [2.05, 4.69) is 5.32 Å². The molecule has 0 aromatic carbocycles. The van der Waals surface area contributed by atoms with Crippen LogP contribution in [0.1, 0.15) is 19.3 Å². The molecule has 1 fully saturated rings. The molecule has 0 aliphatic carbocycles. The first-order valence-electron chi connectivity index (χ1n) is 6.52. The van der Waals surface area contributed by atoms with E-state index in [0.717, 1.165) is 5.75 Å². The number of hydrogen-bond donors (Lipinski definition) is 3. The molecule has 0 saturated carbocycles. The number of nitrogens with zero attached hydrogens (tertiary/aromatic N) is 1. The van der Waals surface area contributed by atoms with Gasteiger partial charge in [0.05, 0.1) is 12.6 Å². The van der Waals surface area contributed by atoms with Crippen LogP contribution in [0.25, 0.3) is 0 Å². The van der Waals surface area contributed by atoms with Crippen LogP contribution in [-0.2, 0) is 14.4 Å². The fraction of sp³-hybridized carbons (Fsp3) is 0.750. The average Bonchev–Trinajstić information content (AvgIpc) is 2.91. The van der Waals surface area contributed by atoms with Crippen LogP contribution in [0.3, 0.4) is 0 Å². The number of carboxylic acids is 1. The largest absolute Gasteiger partial charge is 0.480 e. The van der Waals surface area contributed by atoms with E-state index in [1.54, 1.807) is 11.8 Å². The van der Waals surface area contributed by atoms with Crippen molar-refractivity contribution in [2.45, 2.75) is 31.3 Å². The number of rotatable bonds is 7. The summed E-state index contributed by atoms with van der Waals surface area (Å²) in [6.07, 6.45) is 3.60. The second-order valence-electron chi connectivity index (χ2n) is 4.69. The second kappa shape index (κ2) is 8.11. The monoisotopic (exact) mass is 303 g/mol. The quantitative estimate of drug-likeness (QED) is 0.571. The molecular weight excluding hydrogens is 282 g/mol. The lowest BCUT2D eigenvalue weighted by molar-refractivity contribution is -0.148. The number of nitrogens with one attached hydrogen (secondary N) is 1. The molecular formula is C12H21N3O4S. The zero-order valence-electron chi connectivity index (χ0n) is 11.5. The van der Waals surface area contributed by atoms with E-state index in [4.69, 9.17) is 10.8 Å². The number of thioether (sulfide) groups is 1. The molecule has 2 atom stereocenters. The van der Waals surface area contributed by atoms with Crippen LogP contribution in [0.5, 0.6) is 0 Å². The van der Waals surface area contributed by atoms with Crippen molar-refractivity contribution < 1.29 is 19.5 Å². The fourth-order valence-corrected chi connectivity index (χ4v) is 2.58. The van der Waals surface area contributed by atoms with Crippen LogP contribution in [0.2, 0.25) is 0 Å². The molecule has 0 aromatic rings. The average molecular weight is 303 g/mol. The molecule has 7 nitrogen and oxygen atoms in total. The first-order chi connectivity index (χ1) is 9.47. The van der Waals surface area contributed by atoms with Crippen molar-refractivity contribution in [1.29, 1.82) is 0 Å². The van der Waals surface area contributed by atoms with E-state index in [1.165, 1.54) is 4.90 Å². The van der Waals surface area contributed by atoms with Gasteiger partial charge in [-0.2, -0.15) is 11.8 Å². The van der Waals surface area contributed by atoms with Gasteiger partial charge in [-0.1, -0.05) is 0 Å². The van der Waals surface area contributed by atoms with Crippen LogP contribution >= 0.6 is 11.8 Å². The van der Waals surface area contributed by atoms with Crippen molar-refractivity contribution in [2.75, 3.05) is 25.1 Å².